The summed E-state index contributed by atoms with van der Waals surface area (Å²) in [5.41, 5.74) is -1.37. The van der Waals surface area contributed by atoms with Gasteiger partial charge in [-0.15, -0.1) is 0 Å². The van der Waals surface area contributed by atoms with Crippen molar-refractivity contribution in [2.75, 3.05) is 18.1 Å². The first-order valence-electron chi connectivity index (χ1n) is 12.5. The normalized spacial score (nSPS) is 11.0. The number of pyridine rings is 1. The molecule has 0 aliphatic rings. The van der Waals surface area contributed by atoms with Gasteiger partial charge in [-0.1, -0.05) is 43.7 Å². The molecule has 7 nitrogen and oxygen atoms in total. The lowest BCUT2D eigenvalue weighted by atomic mass is 10.0. The first-order valence-corrected chi connectivity index (χ1v) is 12.5. The third-order valence-corrected chi connectivity index (χ3v) is 5.96. The Morgan fingerprint density at radius 2 is 1.77 bits per heavy atom. The Morgan fingerprint density at radius 1 is 1.05 bits per heavy atom. The molecule has 10 heteroatoms. The summed E-state index contributed by atoms with van der Waals surface area (Å²) in [5.74, 6) is -6.13. The third kappa shape index (κ3) is 6.79. The number of ether oxygens (including phenoxy) is 3. The topological polar surface area (TPSA) is 84.7 Å². The van der Waals surface area contributed by atoms with E-state index in [4.69, 9.17) is 14.2 Å². The zero-order valence-corrected chi connectivity index (χ0v) is 22.3. The molecule has 3 rings (SSSR count). The van der Waals surface area contributed by atoms with Crippen molar-refractivity contribution in [3.63, 3.8) is 0 Å². The number of rotatable bonds is 12. The van der Waals surface area contributed by atoms with Gasteiger partial charge in [-0.2, -0.15) is 23.4 Å². The summed E-state index contributed by atoms with van der Waals surface area (Å²) in [4.78, 5) is 17.2. The fourth-order valence-electron chi connectivity index (χ4n) is 3.81. The minimum Gasteiger partial charge on any atom is -0.485 e. The van der Waals surface area contributed by atoms with Crippen molar-refractivity contribution in [2.45, 2.75) is 52.7 Å². The van der Waals surface area contributed by atoms with Crippen LogP contribution in [-0.2, 0) is 16.1 Å². The molecule has 0 aliphatic heterocycles. The Kier molecular flexibility index (Phi) is 9.77. The van der Waals surface area contributed by atoms with E-state index < -0.39 is 40.7 Å². The molecule has 206 valence electrons. The fourth-order valence-corrected chi connectivity index (χ4v) is 3.81. The third-order valence-electron chi connectivity index (χ3n) is 5.96. The van der Waals surface area contributed by atoms with Gasteiger partial charge in [-0.05, 0) is 44.9 Å². The van der Waals surface area contributed by atoms with Crippen LogP contribution in [-0.4, -0.2) is 29.6 Å². The van der Waals surface area contributed by atoms with Crippen LogP contribution in [0.2, 0.25) is 0 Å². The number of esters is 1. The average molecular weight is 542 g/mol. The molecule has 2 aromatic carbocycles. The van der Waals surface area contributed by atoms with Crippen molar-refractivity contribution >= 4 is 11.7 Å². The highest BCUT2D eigenvalue weighted by Gasteiger charge is 2.40. The number of carbonyl (C=O) groups excluding carboxylic acids is 1. The molecule has 0 radical (unpaired) electrons. The smallest absolute Gasteiger partial charge is 0.331 e. The van der Waals surface area contributed by atoms with E-state index in [0.29, 0.717) is 12.8 Å². The number of benzene rings is 2. The molecule has 0 aliphatic carbocycles. The fraction of sp³-hybridized carbons (Fsp3) is 0.345. The first kappa shape index (κ1) is 29.3. The molecule has 0 saturated heterocycles. The molecule has 0 N–H and O–H groups in total. The van der Waals surface area contributed by atoms with Crippen molar-refractivity contribution in [1.82, 2.24) is 4.98 Å². The monoisotopic (exact) mass is 541 g/mol. The number of halogens is 3. The molecule has 1 heterocycles. The second-order valence-electron chi connectivity index (χ2n) is 9.12. The maximum absolute atomic E-state index is 15.9. The van der Waals surface area contributed by atoms with Crippen molar-refractivity contribution in [3.8, 4) is 23.4 Å². The summed E-state index contributed by atoms with van der Waals surface area (Å²) in [6.07, 6.45) is 1.09. The highest BCUT2D eigenvalue weighted by molar-refractivity contribution is 5.84. The van der Waals surface area contributed by atoms with E-state index in [9.17, 15) is 14.4 Å². The van der Waals surface area contributed by atoms with E-state index >= 15 is 8.78 Å². The number of carbonyl (C=O) groups is 1. The molecule has 0 bridgehead atoms. The van der Waals surface area contributed by atoms with Gasteiger partial charge in [0.1, 0.15) is 17.8 Å². The van der Waals surface area contributed by atoms with Gasteiger partial charge in [0.25, 0.3) is 11.8 Å². The second-order valence-corrected chi connectivity index (χ2v) is 9.12. The molecule has 39 heavy (non-hydrogen) atoms. The maximum atomic E-state index is 15.9. The average Bonchev–Trinajstić information content (AvgIpc) is 2.93. The molecule has 0 amide bonds. The van der Waals surface area contributed by atoms with Crippen molar-refractivity contribution in [2.24, 2.45) is 0 Å². The lowest BCUT2D eigenvalue weighted by Crippen LogP contribution is -2.52. The van der Waals surface area contributed by atoms with E-state index in [-0.39, 0.29) is 36.8 Å². The van der Waals surface area contributed by atoms with Gasteiger partial charge in [0.05, 0.1) is 18.2 Å². The zero-order valence-electron chi connectivity index (χ0n) is 22.3. The molecule has 0 atom stereocenters. The van der Waals surface area contributed by atoms with E-state index in [1.54, 1.807) is 6.92 Å². The van der Waals surface area contributed by atoms with Gasteiger partial charge in [0.15, 0.2) is 11.5 Å². The number of hydrogen-bond acceptors (Lipinski definition) is 7. The lowest BCUT2D eigenvalue weighted by Gasteiger charge is -2.38. The Hall–Kier alpha value is -4.26. The van der Waals surface area contributed by atoms with Crippen LogP contribution in [0.15, 0.2) is 48.5 Å². The van der Waals surface area contributed by atoms with Crippen LogP contribution in [0.4, 0.5) is 18.9 Å². The standard InChI is InChI=1S/C29H30F3N3O4/c1-5-7-15-35(29(3,4)28(36)37-6-2)25-23(30)26(32)34-27(24(25)31)39-22-16-20(17-33)13-14-21(22)38-18-19-11-9-8-10-12-19/h8-14,16H,5-7,15,18H2,1-4H3. The first-order chi connectivity index (χ1) is 18.6. The number of anilines is 1. The van der Waals surface area contributed by atoms with Crippen molar-refractivity contribution < 1.29 is 32.2 Å². The SMILES string of the molecule is CCCCN(c1c(F)c(F)nc(Oc2cc(C#N)ccc2OCc2ccccc2)c1F)C(C)(C)C(=O)OCC. The van der Waals surface area contributed by atoms with Crippen LogP contribution in [0, 0.1) is 28.9 Å². The molecule has 0 saturated carbocycles. The van der Waals surface area contributed by atoms with E-state index in [1.807, 2.05) is 43.3 Å². The van der Waals surface area contributed by atoms with Gasteiger partial charge in [-0.25, -0.2) is 4.79 Å². The summed E-state index contributed by atoms with van der Waals surface area (Å²) >= 11 is 0. The quantitative estimate of drug-likeness (QED) is 0.187. The van der Waals surface area contributed by atoms with Crippen molar-refractivity contribution in [3.05, 3.63) is 77.2 Å². The van der Waals surface area contributed by atoms with Crippen LogP contribution in [0.3, 0.4) is 0 Å². The molecular weight excluding hydrogens is 511 g/mol. The lowest BCUT2D eigenvalue weighted by molar-refractivity contribution is -0.148. The van der Waals surface area contributed by atoms with Crippen LogP contribution in [0.1, 0.15) is 51.7 Å². The largest absolute Gasteiger partial charge is 0.485 e. The molecule has 0 spiro atoms. The molecular formula is C29H30F3N3O4. The summed E-state index contributed by atoms with van der Waals surface area (Å²) in [5, 5.41) is 9.35. The van der Waals surface area contributed by atoms with Crippen molar-refractivity contribution in [1.29, 1.82) is 5.26 Å². The number of unbranched alkanes of at least 4 members (excludes halogenated alkanes) is 1. The van der Waals surface area contributed by atoms with Gasteiger partial charge >= 0.3 is 5.97 Å². The van der Waals surface area contributed by atoms with Gasteiger partial charge in [-0.3, -0.25) is 0 Å². The highest BCUT2D eigenvalue weighted by atomic mass is 19.2. The van der Waals surface area contributed by atoms with Gasteiger partial charge in [0.2, 0.25) is 11.6 Å². The summed E-state index contributed by atoms with van der Waals surface area (Å²) < 4.78 is 62.4. The Balaban J connectivity index is 2.07. The van der Waals surface area contributed by atoms with E-state index in [1.165, 1.54) is 32.0 Å². The molecule has 1 aromatic heterocycles. The van der Waals surface area contributed by atoms with E-state index in [0.717, 1.165) is 10.5 Å². The summed E-state index contributed by atoms with van der Waals surface area (Å²) in [6.45, 7) is 6.54. The predicted molar refractivity (Wildman–Crippen MR) is 139 cm³/mol. The number of hydrogen-bond donors (Lipinski definition) is 0. The van der Waals surface area contributed by atoms with Gasteiger partial charge in [0, 0.05) is 12.6 Å². The number of nitriles is 1. The predicted octanol–water partition coefficient (Wildman–Crippen LogP) is 6.69. The number of aromatic nitrogens is 1. The molecule has 0 unspecified atom stereocenters. The zero-order chi connectivity index (χ0) is 28.6. The highest BCUT2D eigenvalue weighted by Crippen LogP contribution is 2.39. The number of nitrogens with zero attached hydrogens (tertiary/aromatic N) is 3. The minimum atomic E-state index is -1.62. The molecule has 0 fully saturated rings. The Labute approximate surface area is 225 Å². The summed E-state index contributed by atoms with van der Waals surface area (Å²) in [6, 6.07) is 15.3. The summed E-state index contributed by atoms with van der Waals surface area (Å²) in [7, 11) is 0. The van der Waals surface area contributed by atoms with E-state index in [2.05, 4.69) is 4.98 Å². The maximum Gasteiger partial charge on any atom is 0.331 e. The Morgan fingerprint density at radius 3 is 2.41 bits per heavy atom. The minimum absolute atomic E-state index is 0.0222. The Bertz CT molecular complexity index is 1340. The molecule has 3 aromatic rings. The second kappa shape index (κ2) is 13.0. The van der Waals surface area contributed by atoms with Crippen LogP contribution >= 0.6 is 0 Å². The van der Waals surface area contributed by atoms with Crippen LogP contribution < -0.4 is 14.4 Å². The van der Waals surface area contributed by atoms with Crippen LogP contribution in [0.25, 0.3) is 0 Å². The van der Waals surface area contributed by atoms with Crippen LogP contribution in [0.5, 0.6) is 17.4 Å². The van der Waals surface area contributed by atoms with Gasteiger partial charge < -0.3 is 19.1 Å².